The van der Waals surface area contributed by atoms with E-state index >= 15 is 0 Å². The van der Waals surface area contributed by atoms with Gasteiger partial charge in [-0.15, -0.1) is 11.3 Å². The summed E-state index contributed by atoms with van der Waals surface area (Å²) < 4.78 is 5.12. The number of benzene rings is 1. The molecular weight excluding hydrogens is 246 g/mol. The molecule has 0 aliphatic carbocycles. The van der Waals surface area contributed by atoms with Crippen LogP contribution in [-0.4, -0.2) is 19.6 Å². The highest BCUT2D eigenvalue weighted by Gasteiger charge is 2.20. The van der Waals surface area contributed by atoms with E-state index in [1.165, 1.54) is 11.3 Å². The van der Waals surface area contributed by atoms with Crippen LogP contribution >= 0.6 is 11.3 Å². The molecule has 3 nitrogen and oxygen atoms in total. The third-order valence-corrected chi connectivity index (χ3v) is 3.58. The van der Waals surface area contributed by atoms with Gasteiger partial charge in [-0.05, 0) is 12.5 Å². The van der Waals surface area contributed by atoms with Gasteiger partial charge in [0.2, 0.25) is 0 Å². The molecule has 2 rings (SSSR count). The van der Waals surface area contributed by atoms with E-state index in [1.807, 2.05) is 49.7 Å². The molecule has 0 fully saturated rings. The first-order chi connectivity index (χ1) is 8.77. The number of anilines is 1. The lowest BCUT2D eigenvalue weighted by molar-refractivity contribution is 0.0529. The number of carbonyl (C=O) groups excluding carboxylic acids is 1. The van der Waals surface area contributed by atoms with Crippen molar-refractivity contribution in [3.8, 4) is 11.1 Å². The molecule has 4 heteroatoms. The van der Waals surface area contributed by atoms with Crippen LogP contribution in [0.4, 0.5) is 5.00 Å². The fraction of sp³-hybridized carbons (Fsp3) is 0.214. The summed E-state index contributed by atoms with van der Waals surface area (Å²) in [6, 6.07) is 9.86. The zero-order valence-electron chi connectivity index (χ0n) is 10.4. The topological polar surface area (TPSA) is 38.3 Å². The standard InChI is InChI=1S/C14H15NO2S/c1-3-17-14(16)12-11(9-18-13(12)15-2)10-7-5-4-6-8-10/h4-9,15H,3H2,1-2H3. The summed E-state index contributed by atoms with van der Waals surface area (Å²) >= 11 is 1.51. The SMILES string of the molecule is CCOC(=O)c1c(-c2ccccc2)csc1NC. The van der Waals surface area contributed by atoms with Crippen molar-refractivity contribution in [2.24, 2.45) is 0 Å². The summed E-state index contributed by atoms with van der Waals surface area (Å²) in [6.45, 7) is 2.19. The summed E-state index contributed by atoms with van der Waals surface area (Å²) in [5.74, 6) is -0.276. The van der Waals surface area contributed by atoms with Gasteiger partial charge < -0.3 is 10.1 Å². The van der Waals surface area contributed by atoms with Crippen molar-refractivity contribution < 1.29 is 9.53 Å². The van der Waals surface area contributed by atoms with Crippen molar-refractivity contribution >= 4 is 22.3 Å². The van der Waals surface area contributed by atoms with Crippen molar-refractivity contribution in [1.82, 2.24) is 0 Å². The molecule has 94 valence electrons. The predicted octanol–water partition coefficient (Wildman–Crippen LogP) is 3.63. The van der Waals surface area contributed by atoms with E-state index in [0.29, 0.717) is 12.2 Å². The highest BCUT2D eigenvalue weighted by atomic mass is 32.1. The molecule has 18 heavy (non-hydrogen) atoms. The zero-order valence-corrected chi connectivity index (χ0v) is 11.2. The number of esters is 1. The van der Waals surface area contributed by atoms with Gasteiger partial charge in [0.25, 0.3) is 0 Å². The Morgan fingerprint density at radius 2 is 2.06 bits per heavy atom. The Labute approximate surface area is 110 Å². The van der Waals surface area contributed by atoms with Gasteiger partial charge in [0.05, 0.1) is 6.61 Å². The monoisotopic (exact) mass is 261 g/mol. The Hall–Kier alpha value is -1.81. The molecular formula is C14H15NO2S. The third-order valence-electron chi connectivity index (χ3n) is 2.58. The van der Waals surface area contributed by atoms with Gasteiger partial charge in [-0.3, -0.25) is 0 Å². The van der Waals surface area contributed by atoms with E-state index in [2.05, 4.69) is 5.32 Å². The van der Waals surface area contributed by atoms with Gasteiger partial charge >= 0.3 is 5.97 Å². The van der Waals surface area contributed by atoms with Gasteiger partial charge in [0.1, 0.15) is 10.6 Å². The Morgan fingerprint density at radius 1 is 1.33 bits per heavy atom. The largest absolute Gasteiger partial charge is 0.462 e. The number of rotatable bonds is 4. The number of ether oxygens (including phenoxy) is 1. The Bertz CT molecular complexity index is 534. The second-order valence-corrected chi connectivity index (χ2v) is 4.57. The first-order valence-corrected chi connectivity index (χ1v) is 6.67. The molecule has 0 aliphatic rings. The van der Waals surface area contributed by atoms with Gasteiger partial charge in [0.15, 0.2) is 0 Å². The van der Waals surface area contributed by atoms with Crippen LogP contribution in [0.2, 0.25) is 0 Å². The van der Waals surface area contributed by atoms with Crippen molar-refractivity contribution in [2.45, 2.75) is 6.92 Å². The minimum atomic E-state index is -0.276. The lowest BCUT2D eigenvalue weighted by Gasteiger charge is -2.06. The maximum absolute atomic E-state index is 12.0. The zero-order chi connectivity index (χ0) is 13.0. The first kappa shape index (κ1) is 12.6. The highest BCUT2D eigenvalue weighted by molar-refractivity contribution is 7.15. The molecule has 0 aliphatic heterocycles. The van der Waals surface area contributed by atoms with Crippen LogP contribution in [0.1, 0.15) is 17.3 Å². The smallest absolute Gasteiger partial charge is 0.341 e. The second-order valence-electron chi connectivity index (χ2n) is 3.69. The maximum atomic E-state index is 12.0. The van der Waals surface area contributed by atoms with Crippen LogP contribution in [0.5, 0.6) is 0 Å². The molecule has 1 heterocycles. The summed E-state index contributed by atoms with van der Waals surface area (Å²) in [7, 11) is 1.81. The maximum Gasteiger partial charge on any atom is 0.341 e. The molecule has 0 spiro atoms. The molecule has 0 amide bonds. The summed E-state index contributed by atoms with van der Waals surface area (Å²) in [6.07, 6.45) is 0. The van der Waals surface area contributed by atoms with E-state index in [0.717, 1.165) is 16.1 Å². The van der Waals surface area contributed by atoms with Gasteiger partial charge in [-0.1, -0.05) is 30.3 Å². The van der Waals surface area contributed by atoms with Crippen LogP contribution in [-0.2, 0) is 4.74 Å². The molecule has 0 bridgehead atoms. The molecule has 1 aromatic carbocycles. The van der Waals surface area contributed by atoms with E-state index < -0.39 is 0 Å². The molecule has 1 aromatic heterocycles. The number of nitrogens with one attached hydrogen (secondary N) is 1. The van der Waals surface area contributed by atoms with E-state index in [9.17, 15) is 4.79 Å². The highest BCUT2D eigenvalue weighted by Crippen LogP contribution is 2.35. The lowest BCUT2D eigenvalue weighted by Crippen LogP contribution is -2.07. The average molecular weight is 261 g/mol. The molecule has 0 unspecified atom stereocenters. The van der Waals surface area contributed by atoms with E-state index in [1.54, 1.807) is 0 Å². The predicted molar refractivity (Wildman–Crippen MR) is 75.3 cm³/mol. The van der Waals surface area contributed by atoms with Crippen molar-refractivity contribution in [1.29, 1.82) is 0 Å². The second kappa shape index (κ2) is 5.69. The van der Waals surface area contributed by atoms with Crippen molar-refractivity contribution in [3.05, 3.63) is 41.3 Å². The number of thiophene rings is 1. The average Bonchev–Trinajstić information content (AvgIpc) is 2.84. The summed E-state index contributed by atoms with van der Waals surface area (Å²) in [5, 5.41) is 5.86. The van der Waals surface area contributed by atoms with Crippen LogP contribution < -0.4 is 5.32 Å². The summed E-state index contributed by atoms with van der Waals surface area (Å²) in [4.78, 5) is 12.0. The third kappa shape index (κ3) is 2.38. The molecule has 2 aromatic rings. The molecule has 0 saturated heterocycles. The molecule has 0 atom stereocenters. The van der Waals surface area contributed by atoms with E-state index in [4.69, 9.17) is 4.74 Å². The minimum Gasteiger partial charge on any atom is -0.462 e. The summed E-state index contributed by atoms with van der Waals surface area (Å²) in [5.41, 5.74) is 2.57. The first-order valence-electron chi connectivity index (χ1n) is 5.79. The van der Waals surface area contributed by atoms with Crippen LogP contribution in [0.25, 0.3) is 11.1 Å². The Balaban J connectivity index is 2.49. The molecule has 1 N–H and O–H groups in total. The fourth-order valence-corrected chi connectivity index (χ4v) is 2.70. The number of hydrogen-bond acceptors (Lipinski definition) is 4. The van der Waals surface area contributed by atoms with Crippen molar-refractivity contribution in [2.75, 3.05) is 19.0 Å². The number of carbonyl (C=O) groups is 1. The van der Waals surface area contributed by atoms with Gasteiger partial charge in [0, 0.05) is 18.0 Å². The lowest BCUT2D eigenvalue weighted by atomic mass is 10.0. The van der Waals surface area contributed by atoms with Gasteiger partial charge in [-0.25, -0.2) is 4.79 Å². The van der Waals surface area contributed by atoms with Crippen molar-refractivity contribution in [3.63, 3.8) is 0 Å². The number of hydrogen-bond donors (Lipinski definition) is 1. The Morgan fingerprint density at radius 3 is 2.67 bits per heavy atom. The molecule has 0 radical (unpaired) electrons. The molecule has 0 saturated carbocycles. The van der Waals surface area contributed by atoms with Gasteiger partial charge in [-0.2, -0.15) is 0 Å². The minimum absolute atomic E-state index is 0.276. The normalized spacial score (nSPS) is 10.1. The quantitative estimate of drug-likeness (QED) is 0.854. The van der Waals surface area contributed by atoms with Crippen LogP contribution in [0, 0.1) is 0 Å². The van der Waals surface area contributed by atoms with Crippen LogP contribution in [0.3, 0.4) is 0 Å². The Kier molecular flexibility index (Phi) is 3.99. The fourth-order valence-electron chi connectivity index (χ4n) is 1.78. The van der Waals surface area contributed by atoms with E-state index in [-0.39, 0.29) is 5.97 Å². The van der Waals surface area contributed by atoms with Crippen LogP contribution in [0.15, 0.2) is 35.7 Å².